The summed E-state index contributed by atoms with van der Waals surface area (Å²) in [5.41, 5.74) is 5.54. The topological polar surface area (TPSA) is 79.0 Å². The molecule has 1 aliphatic carbocycles. The van der Waals surface area contributed by atoms with Crippen LogP contribution in [0.1, 0.15) is 34.3 Å². The number of hydrogen-bond donors (Lipinski definition) is 1. The number of nitrogens with one attached hydrogen (secondary N) is 1. The predicted octanol–water partition coefficient (Wildman–Crippen LogP) is 5.53. The summed E-state index contributed by atoms with van der Waals surface area (Å²) >= 11 is 6.11. The Morgan fingerprint density at radius 1 is 0.946 bits per heavy atom. The van der Waals surface area contributed by atoms with Gasteiger partial charge < -0.3 is 10.1 Å². The third-order valence-corrected chi connectivity index (χ3v) is 7.38. The SMILES string of the molecule is Cl.O=C(CN1CCC(N2C(=O)OCc3cc(Cl)ccc32)CC1)Nc1ccc2c(c1)-c1ccccc1C2=O. The highest BCUT2D eigenvalue weighted by Gasteiger charge is 2.34. The molecule has 0 spiro atoms. The normalized spacial score (nSPS) is 16.8. The van der Waals surface area contributed by atoms with Crippen LogP contribution in [-0.4, -0.2) is 48.4 Å². The standard InChI is InChI=1S/C28H24ClN3O4.ClH/c29-18-5-8-25-17(13-18)16-36-28(35)32(25)20-9-11-31(12-10-20)15-26(33)30-19-6-7-23-24(14-19)21-3-1-2-4-22(21)27(23)34;/h1-8,13-14,20H,9-12,15-16H2,(H,30,33);1H. The molecule has 7 nitrogen and oxygen atoms in total. The number of rotatable bonds is 4. The van der Waals surface area contributed by atoms with Gasteiger partial charge in [0, 0.05) is 46.5 Å². The van der Waals surface area contributed by atoms with E-state index in [4.69, 9.17) is 16.3 Å². The van der Waals surface area contributed by atoms with Crippen molar-refractivity contribution in [2.75, 3.05) is 29.9 Å². The second-order valence-corrected chi connectivity index (χ2v) is 9.82. The van der Waals surface area contributed by atoms with Crippen molar-refractivity contribution in [1.82, 2.24) is 4.90 Å². The maximum Gasteiger partial charge on any atom is 0.414 e. The average molecular weight is 538 g/mol. The van der Waals surface area contributed by atoms with Gasteiger partial charge in [-0.1, -0.05) is 35.9 Å². The van der Waals surface area contributed by atoms with Crippen molar-refractivity contribution in [3.63, 3.8) is 0 Å². The molecule has 0 bridgehead atoms. The summed E-state index contributed by atoms with van der Waals surface area (Å²) in [6, 6.07) is 18.5. The lowest BCUT2D eigenvalue weighted by Gasteiger charge is -2.40. The Morgan fingerprint density at radius 3 is 2.46 bits per heavy atom. The fourth-order valence-electron chi connectivity index (χ4n) is 5.40. The maximum absolute atomic E-state index is 12.8. The van der Waals surface area contributed by atoms with Gasteiger partial charge in [0.25, 0.3) is 0 Å². The van der Waals surface area contributed by atoms with Gasteiger partial charge in [-0.15, -0.1) is 12.4 Å². The monoisotopic (exact) mass is 537 g/mol. The molecule has 6 rings (SSSR count). The number of piperidine rings is 1. The number of amides is 2. The number of carbonyl (C=O) groups is 3. The fraction of sp³-hybridized carbons (Fsp3) is 0.250. The van der Waals surface area contributed by atoms with Crippen LogP contribution in [0.4, 0.5) is 16.2 Å². The number of ketones is 1. The van der Waals surface area contributed by atoms with E-state index in [-0.39, 0.29) is 49.4 Å². The molecule has 0 atom stereocenters. The molecule has 9 heteroatoms. The van der Waals surface area contributed by atoms with E-state index in [1.807, 2.05) is 42.5 Å². The van der Waals surface area contributed by atoms with Crippen molar-refractivity contribution >= 4 is 53.2 Å². The van der Waals surface area contributed by atoms with E-state index in [0.29, 0.717) is 34.9 Å². The summed E-state index contributed by atoms with van der Waals surface area (Å²) in [6.45, 7) is 1.87. The molecule has 0 radical (unpaired) electrons. The Kier molecular flexibility index (Phi) is 6.94. The molecule has 3 aromatic carbocycles. The van der Waals surface area contributed by atoms with Crippen molar-refractivity contribution < 1.29 is 19.1 Å². The zero-order chi connectivity index (χ0) is 24.8. The van der Waals surface area contributed by atoms with Crippen molar-refractivity contribution in [3.05, 3.63) is 82.4 Å². The number of nitrogens with zero attached hydrogens (tertiary/aromatic N) is 2. The van der Waals surface area contributed by atoms with Gasteiger partial charge in [-0.2, -0.15) is 0 Å². The van der Waals surface area contributed by atoms with Gasteiger partial charge in [-0.05, 0) is 60.4 Å². The first-order valence-electron chi connectivity index (χ1n) is 12.0. The fourth-order valence-corrected chi connectivity index (χ4v) is 5.60. The van der Waals surface area contributed by atoms with Crippen molar-refractivity contribution in [1.29, 1.82) is 0 Å². The zero-order valence-electron chi connectivity index (χ0n) is 19.9. The number of benzene rings is 3. The van der Waals surface area contributed by atoms with Gasteiger partial charge in [0.15, 0.2) is 5.78 Å². The lowest BCUT2D eigenvalue weighted by Crippen LogP contribution is -2.50. The van der Waals surface area contributed by atoms with Crippen LogP contribution in [0.3, 0.4) is 0 Å². The zero-order valence-corrected chi connectivity index (χ0v) is 21.5. The van der Waals surface area contributed by atoms with Crippen molar-refractivity contribution in [2.45, 2.75) is 25.5 Å². The lowest BCUT2D eigenvalue weighted by molar-refractivity contribution is -0.117. The molecule has 3 aliphatic rings. The number of anilines is 2. The average Bonchev–Trinajstić information content (AvgIpc) is 3.16. The van der Waals surface area contributed by atoms with Crippen LogP contribution in [0.15, 0.2) is 60.7 Å². The van der Waals surface area contributed by atoms with E-state index in [1.54, 1.807) is 23.1 Å². The summed E-state index contributed by atoms with van der Waals surface area (Å²) < 4.78 is 5.37. The third kappa shape index (κ3) is 4.70. The number of cyclic esters (lactones) is 1. The highest BCUT2D eigenvalue weighted by molar-refractivity contribution is 6.30. The van der Waals surface area contributed by atoms with Gasteiger partial charge in [0.05, 0.1) is 12.2 Å². The second-order valence-electron chi connectivity index (χ2n) is 9.39. The number of hydrogen-bond acceptors (Lipinski definition) is 5. The van der Waals surface area contributed by atoms with Gasteiger partial charge in [-0.3, -0.25) is 19.4 Å². The number of likely N-dealkylation sites (tertiary alicyclic amines) is 1. The number of ether oxygens (including phenoxy) is 1. The van der Waals surface area contributed by atoms with E-state index < -0.39 is 0 Å². The second kappa shape index (κ2) is 10.2. The summed E-state index contributed by atoms with van der Waals surface area (Å²) in [4.78, 5) is 41.8. The molecule has 0 aromatic heterocycles. The van der Waals surface area contributed by atoms with Crippen molar-refractivity contribution in [3.8, 4) is 11.1 Å². The van der Waals surface area contributed by atoms with Crippen LogP contribution in [-0.2, 0) is 16.1 Å². The lowest BCUT2D eigenvalue weighted by atomic mass is 10.0. The Hall–Kier alpha value is -3.39. The van der Waals surface area contributed by atoms with Crippen LogP contribution >= 0.6 is 24.0 Å². The Morgan fingerprint density at radius 2 is 1.68 bits per heavy atom. The summed E-state index contributed by atoms with van der Waals surface area (Å²) in [5, 5.41) is 3.59. The van der Waals surface area contributed by atoms with Crippen LogP contribution < -0.4 is 10.2 Å². The van der Waals surface area contributed by atoms with E-state index in [0.717, 1.165) is 35.2 Å². The molecule has 190 valence electrons. The highest BCUT2D eigenvalue weighted by atomic mass is 35.5. The number of halogens is 2. The number of carbonyl (C=O) groups excluding carboxylic acids is 3. The molecule has 2 heterocycles. The quantitative estimate of drug-likeness (QED) is 0.370. The predicted molar refractivity (Wildman–Crippen MR) is 145 cm³/mol. The molecule has 1 saturated heterocycles. The summed E-state index contributed by atoms with van der Waals surface area (Å²) in [5.74, 6) is -0.0898. The van der Waals surface area contributed by atoms with E-state index in [9.17, 15) is 14.4 Å². The van der Waals surface area contributed by atoms with Gasteiger partial charge >= 0.3 is 6.09 Å². The first kappa shape index (κ1) is 25.3. The van der Waals surface area contributed by atoms with Gasteiger partial charge in [-0.25, -0.2) is 4.79 Å². The van der Waals surface area contributed by atoms with Crippen LogP contribution in [0.2, 0.25) is 5.02 Å². The molecule has 0 unspecified atom stereocenters. The molecule has 37 heavy (non-hydrogen) atoms. The maximum atomic E-state index is 12.8. The Balaban J connectivity index is 0.00000280. The minimum atomic E-state index is -0.335. The largest absolute Gasteiger partial charge is 0.444 e. The minimum absolute atomic E-state index is 0. The molecule has 1 fully saturated rings. The van der Waals surface area contributed by atoms with Crippen LogP contribution in [0.25, 0.3) is 11.1 Å². The van der Waals surface area contributed by atoms with E-state index in [2.05, 4.69) is 10.2 Å². The third-order valence-electron chi connectivity index (χ3n) is 7.15. The van der Waals surface area contributed by atoms with Gasteiger partial charge in [0.1, 0.15) is 6.61 Å². The Bertz CT molecular complexity index is 1400. The summed E-state index contributed by atoms with van der Waals surface area (Å²) in [7, 11) is 0. The van der Waals surface area contributed by atoms with Crippen LogP contribution in [0.5, 0.6) is 0 Å². The molecule has 0 saturated carbocycles. The summed E-state index contributed by atoms with van der Waals surface area (Å²) in [6.07, 6.45) is 1.14. The molecular formula is C28H25Cl2N3O4. The number of fused-ring (bicyclic) bond motifs is 4. The first-order chi connectivity index (χ1) is 17.5. The first-order valence-corrected chi connectivity index (χ1v) is 12.4. The molecule has 1 N–H and O–H groups in total. The highest BCUT2D eigenvalue weighted by Crippen LogP contribution is 2.38. The molecule has 3 aromatic rings. The van der Waals surface area contributed by atoms with Crippen molar-refractivity contribution in [2.24, 2.45) is 0 Å². The molecule has 2 amide bonds. The molecule has 2 aliphatic heterocycles. The van der Waals surface area contributed by atoms with E-state index >= 15 is 0 Å². The smallest absolute Gasteiger partial charge is 0.414 e. The molecular weight excluding hydrogens is 513 g/mol. The van der Waals surface area contributed by atoms with Gasteiger partial charge in [0.2, 0.25) is 5.91 Å². The van der Waals surface area contributed by atoms with Crippen LogP contribution in [0, 0.1) is 0 Å². The van der Waals surface area contributed by atoms with E-state index in [1.165, 1.54) is 0 Å². The minimum Gasteiger partial charge on any atom is -0.444 e. The Labute approximate surface area is 225 Å².